The smallest absolute Gasteiger partial charge is 0.190 e. The summed E-state index contributed by atoms with van der Waals surface area (Å²) in [6.45, 7) is 4.71. The van der Waals surface area contributed by atoms with Crippen LogP contribution in [0.1, 0.15) is 42.4 Å². The lowest BCUT2D eigenvalue weighted by Gasteiger charge is -2.12. The van der Waals surface area contributed by atoms with Gasteiger partial charge < -0.3 is 14.0 Å². The molecule has 0 fully saturated rings. The Morgan fingerprint density at radius 2 is 2.12 bits per heavy atom. The maximum Gasteiger partial charge on any atom is 0.190 e. The van der Waals surface area contributed by atoms with E-state index in [0.29, 0.717) is 29.6 Å². The normalized spacial score (nSPS) is 10.9. The van der Waals surface area contributed by atoms with Gasteiger partial charge in [-0.05, 0) is 18.6 Å². The Balaban J connectivity index is 1.85. The van der Waals surface area contributed by atoms with Gasteiger partial charge in [0.25, 0.3) is 0 Å². The van der Waals surface area contributed by atoms with Crippen LogP contribution in [-0.2, 0) is 7.05 Å². The summed E-state index contributed by atoms with van der Waals surface area (Å²) >= 11 is 1.65. The molecule has 2 rings (SSSR count). The van der Waals surface area contributed by atoms with Crippen molar-refractivity contribution >= 4 is 18.0 Å². The summed E-state index contributed by atoms with van der Waals surface area (Å²) < 4.78 is 13.0. The lowest BCUT2D eigenvalue weighted by molar-refractivity contribution is 0.111. The molecule has 0 aliphatic heterocycles. The van der Waals surface area contributed by atoms with E-state index in [0.717, 1.165) is 29.4 Å². The van der Waals surface area contributed by atoms with Crippen molar-refractivity contribution in [1.82, 2.24) is 14.8 Å². The van der Waals surface area contributed by atoms with E-state index < -0.39 is 0 Å². The maximum atomic E-state index is 11.1. The summed E-state index contributed by atoms with van der Waals surface area (Å²) in [5.41, 5.74) is 0.497. The molecule has 0 aliphatic rings. The Labute approximate surface area is 146 Å². The minimum absolute atomic E-state index is 0.354. The van der Waals surface area contributed by atoms with Crippen LogP contribution in [0.15, 0.2) is 23.4 Å². The minimum atomic E-state index is 0.354. The zero-order valence-electron chi connectivity index (χ0n) is 14.5. The molecule has 7 heteroatoms. The van der Waals surface area contributed by atoms with Crippen LogP contribution in [0.25, 0.3) is 0 Å². The zero-order valence-corrected chi connectivity index (χ0v) is 15.3. The van der Waals surface area contributed by atoms with Crippen molar-refractivity contribution in [2.24, 2.45) is 7.05 Å². The lowest BCUT2D eigenvalue weighted by atomic mass is 10.2. The highest BCUT2D eigenvalue weighted by Crippen LogP contribution is 2.30. The van der Waals surface area contributed by atoms with E-state index in [9.17, 15) is 4.79 Å². The Hall–Kier alpha value is -2.02. The van der Waals surface area contributed by atoms with Gasteiger partial charge in [-0.25, -0.2) is 0 Å². The van der Waals surface area contributed by atoms with Gasteiger partial charge in [-0.3, -0.25) is 4.79 Å². The number of para-hydroxylation sites is 1. The third kappa shape index (κ3) is 4.29. The summed E-state index contributed by atoms with van der Waals surface area (Å²) in [4.78, 5) is 11.1. The number of thioether (sulfide) groups is 1. The maximum absolute atomic E-state index is 11.1. The van der Waals surface area contributed by atoms with Crippen molar-refractivity contribution in [3.63, 3.8) is 0 Å². The van der Waals surface area contributed by atoms with E-state index in [2.05, 4.69) is 24.0 Å². The van der Waals surface area contributed by atoms with Crippen molar-refractivity contribution in [3.05, 3.63) is 29.6 Å². The first-order valence-corrected chi connectivity index (χ1v) is 8.84. The molecule has 0 saturated carbocycles. The average molecular weight is 349 g/mol. The van der Waals surface area contributed by atoms with Gasteiger partial charge in [0.05, 0.1) is 19.3 Å². The van der Waals surface area contributed by atoms with Gasteiger partial charge in [-0.1, -0.05) is 31.7 Å². The largest absolute Gasteiger partial charge is 0.493 e. The molecule has 2 aromatic rings. The molecule has 130 valence electrons. The fraction of sp³-hybridized carbons (Fsp3) is 0.471. The summed E-state index contributed by atoms with van der Waals surface area (Å²) in [5, 5.41) is 9.34. The molecular formula is C17H23N3O3S. The molecule has 0 N–H and O–H groups in total. The first kappa shape index (κ1) is 18.3. The van der Waals surface area contributed by atoms with E-state index in [-0.39, 0.29) is 0 Å². The van der Waals surface area contributed by atoms with Gasteiger partial charge in [0.15, 0.2) is 22.9 Å². The van der Waals surface area contributed by atoms with Crippen LogP contribution in [0, 0.1) is 0 Å². The van der Waals surface area contributed by atoms with Crippen molar-refractivity contribution in [2.75, 3.05) is 19.5 Å². The summed E-state index contributed by atoms with van der Waals surface area (Å²) in [7, 11) is 3.55. The SMILES string of the molecule is COc1cccc(C=O)c1OCCCSc1nnc(C(C)C)n1C. The third-order valence-electron chi connectivity index (χ3n) is 3.51. The number of ether oxygens (including phenoxy) is 2. The van der Waals surface area contributed by atoms with Crippen molar-refractivity contribution in [3.8, 4) is 11.5 Å². The zero-order chi connectivity index (χ0) is 17.5. The average Bonchev–Trinajstić information content (AvgIpc) is 2.95. The predicted octanol–water partition coefficient (Wildman–Crippen LogP) is 3.32. The monoisotopic (exact) mass is 349 g/mol. The van der Waals surface area contributed by atoms with E-state index in [1.54, 1.807) is 37.1 Å². The second-order valence-electron chi connectivity index (χ2n) is 5.60. The molecule has 1 heterocycles. The van der Waals surface area contributed by atoms with Gasteiger partial charge in [0.1, 0.15) is 5.82 Å². The molecule has 0 amide bonds. The molecule has 0 bridgehead atoms. The van der Waals surface area contributed by atoms with E-state index in [4.69, 9.17) is 9.47 Å². The molecule has 1 aromatic carbocycles. The second-order valence-corrected chi connectivity index (χ2v) is 6.66. The molecule has 0 radical (unpaired) electrons. The Bertz CT molecular complexity index is 686. The number of aromatic nitrogens is 3. The fourth-order valence-electron chi connectivity index (χ4n) is 2.29. The Morgan fingerprint density at radius 1 is 1.33 bits per heavy atom. The number of aldehydes is 1. The van der Waals surface area contributed by atoms with E-state index >= 15 is 0 Å². The summed E-state index contributed by atoms with van der Waals surface area (Å²) in [6.07, 6.45) is 1.60. The molecule has 0 spiro atoms. The highest BCUT2D eigenvalue weighted by molar-refractivity contribution is 7.99. The van der Waals surface area contributed by atoms with Gasteiger partial charge in [0.2, 0.25) is 0 Å². The molecule has 0 aliphatic carbocycles. The second kappa shape index (κ2) is 8.73. The van der Waals surface area contributed by atoms with Crippen LogP contribution in [0.2, 0.25) is 0 Å². The number of benzene rings is 1. The van der Waals surface area contributed by atoms with Crippen LogP contribution in [-0.4, -0.2) is 40.5 Å². The quantitative estimate of drug-likeness (QED) is 0.393. The molecular weight excluding hydrogens is 326 g/mol. The third-order valence-corrected chi connectivity index (χ3v) is 4.61. The fourth-order valence-corrected chi connectivity index (χ4v) is 3.12. The highest BCUT2D eigenvalue weighted by atomic mass is 32.2. The van der Waals surface area contributed by atoms with Gasteiger partial charge in [0, 0.05) is 18.7 Å². The standard InChI is InChI=1S/C17H23N3O3S/c1-12(2)16-18-19-17(20(16)3)24-10-6-9-23-15-13(11-21)7-5-8-14(15)22-4/h5,7-8,11-12H,6,9-10H2,1-4H3. The number of carbonyl (C=O) groups is 1. The first-order valence-electron chi connectivity index (χ1n) is 7.85. The molecule has 6 nitrogen and oxygen atoms in total. The molecule has 0 atom stereocenters. The Morgan fingerprint density at radius 3 is 2.75 bits per heavy atom. The number of carbonyl (C=O) groups excluding carboxylic acids is 1. The summed E-state index contributed by atoms with van der Waals surface area (Å²) in [6, 6.07) is 5.27. The number of nitrogens with zero attached hydrogens (tertiary/aromatic N) is 3. The summed E-state index contributed by atoms with van der Waals surface area (Å²) in [5.74, 6) is 3.27. The molecule has 24 heavy (non-hydrogen) atoms. The molecule has 1 aromatic heterocycles. The van der Waals surface area contributed by atoms with Crippen LogP contribution in [0.4, 0.5) is 0 Å². The molecule has 0 saturated heterocycles. The number of hydrogen-bond donors (Lipinski definition) is 0. The topological polar surface area (TPSA) is 66.2 Å². The first-order chi connectivity index (χ1) is 11.6. The van der Waals surface area contributed by atoms with Gasteiger partial charge in [-0.2, -0.15) is 0 Å². The number of methoxy groups -OCH3 is 1. The Kier molecular flexibility index (Phi) is 6.66. The number of hydrogen-bond acceptors (Lipinski definition) is 6. The van der Waals surface area contributed by atoms with Crippen LogP contribution < -0.4 is 9.47 Å². The van der Waals surface area contributed by atoms with Crippen molar-refractivity contribution in [1.29, 1.82) is 0 Å². The van der Waals surface area contributed by atoms with Crippen LogP contribution in [0.5, 0.6) is 11.5 Å². The van der Waals surface area contributed by atoms with E-state index in [1.807, 2.05) is 11.6 Å². The highest BCUT2D eigenvalue weighted by Gasteiger charge is 2.12. The van der Waals surface area contributed by atoms with Gasteiger partial charge in [-0.15, -0.1) is 10.2 Å². The minimum Gasteiger partial charge on any atom is -0.493 e. The van der Waals surface area contributed by atoms with Gasteiger partial charge >= 0.3 is 0 Å². The van der Waals surface area contributed by atoms with Crippen LogP contribution in [0.3, 0.4) is 0 Å². The van der Waals surface area contributed by atoms with Crippen molar-refractivity contribution < 1.29 is 14.3 Å². The van der Waals surface area contributed by atoms with Crippen LogP contribution >= 0.6 is 11.8 Å². The van der Waals surface area contributed by atoms with Crippen molar-refractivity contribution in [2.45, 2.75) is 31.3 Å². The number of rotatable bonds is 9. The lowest BCUT2D eigenvalue weighted by Crippen LogP contribution is -2.04. The van der Waals surface area contributed by atoms with E-state index in [1.165, 1.54) is 0 Å². The predicted molar refractivity (Wildman–Crippen MR) is 94.3 cm³/mol. The molecule has 0 unspecified atom stereocenters.